The van der Waals surface area contributed by atoms with E-state index >= 15 is 0 Å². The molecule has 5 nitrogen and oxygen atoms in total. The molecule has 0 fully saturated rings. The van der Waals surface area contributed by atoms with E-state index in [1.54, 1.807) is 12.3 Å². The Kier molecular flexibility index (Phi) is 10.3. The lowest BCUT2D eigenvalue weighted by atomic mass is 10.2. The van der Waals surface area contributed by atoms with Gasteiger partial charge in [-0.1, -0.05) is 57.7 Å². The lowest BCUT2D eigenvalue weighted by Crippen LogP contribution is -2.17. The maximum absolute atomic E-state index is 5.80. The van der Waals surface area contributed by atoms with Crippen LogP contribution in [-0.2, 0) is 11.3 Å². The monoisotopic (exact) mass is 420 g/mol. The summed E-state index contributed by atoms with van der Waals surface area (Å²) in [5, 5.41) is 3.28. The number of benzene rings is 1. The molecule has 1 aromatic heterocycles. The first-order chi connectivity index (χ1) is 15.0. The molecule has 1 aliphatic heterocycles. The van der Waals surface area contributed by atoms with Gasteiger partial charge in [0, 0.05) is 26.4 Å². The Morgan fingerprint density at radius 1 is 1.26 bits per heavy atom. The van der Waals surface area contributed by atoms with Crippen LogP contribution < -0.4 is 5.32 Å². The molecule has 0 atom stereocenters. The highest BCUT2D eigenvalue weighted by atomic mass is 16.5. The standard InChI is InChI=1S/C23H26N4O.C3H8.H2/c1-4-21-15-18(2)22-11-12-24-23(26-22)25-20-10-8-9-19(16-20)17-27(3)13-6-5-7-14-28-21;1-3-2;/h4-6,8-12,15-16H,1-2,7,13-14,17H2,3H3,(H,24,25,26);3H2,1-2H3;1H/b6-5+,21-15+;;. The lowest BCUT2D eigenvalue weighted by Gasteiger charge is -2.15. The van der Waals surface area contributed by atoms with E-state index in [0.717, 1.165) is 36.5 Å². The van der Waals surface area contributed by atoms with E-state index in [9.17, 15) is 0 Å². The Bertz CT molecular complexity index is 924. The molecule has 4 bridgehead atoms. The van der Waals surface area contributed by atoms with Gasteiger partial charge in [0.2, 0.25) is 5.95 Å². The summed E-state index contributed by atoms with van der Waals surface area (Å²) in [6.45, 7) is 14.5. The third kappa shape index (κ3) is 8.60. The minimum atomic E-state index is 0. The fourth-order valence-corrected chi connectivity index (χ4v) is 2.87. The van der Waals surface area contributed by atoms with Crippen molar-refractivity contribution in [1.29, 1.82) is 0 Å². The largest absolute Gasteiger partial charge is 0.493 e. The van der Waals surface area contributed by atoms with Crippen LogP contribution in [-0.4, -0.2) is 35.1 Å². The zero-order chi connectivity index (χ0) is 22.5. The molecule has 166 valence electrons. The van der Waals surface area contributed by atoms with Crippen molar-refractivity contribution >= 4 is 17.2 Å². The zero-order valence-corrected chi connectivity index (χ0v) is 19.0. The van der Waals surface area contributed by atoms with Crippen molar-refractivity contribution in [3.05, 3.63) is 91.0 Å². The lowest BCUT2D eigenvalue weighted by molar-refractivity contribution is 0.231. The van der Waals surface area contributed by atoms with E-state index < -0.39 is 0 Å². The van der Waals surface area contributed by atoms with Gasteiger partial charge in [0.05, 0.1) is 12.3 Å². The smallest absolute Gasteiger partial charge is 0.227 e. The summed E-state index contributed by atoms with van der Waals surface area (Å²) in [6.07, 6.45) is 11.7. The number of nitrogens with one attached hydrogen (secondary N) is 1. The van der Waals surface area contributed by atoms with E-state index in [4.69, 9.17) is 4.74 Å². The second-order valence-corrected chi connectivity index (χ2v) is 7.38. The summed E-state index contributed by atoms with van der Waals surface area (Å²) in [6, 6.07) is 10.1. The van der Waals surface area contributed by atoms with Crippen LogP contribution in [0.1, 0.15) is 39.4 Å². The van der Waals surface area contributed by atoms with Gasteiger partial charge in [-0.25, -0.2) is 9.97 Å². The molecule has 2 heterocycles. The number of nitrogens with zero attached hydrogens (tertiary/aromatic N) is 3. The van der Waals surface area contributed by atoms with Crippen molar-refractivity contribution in [1.82, 2.24) is 14.9 Å². The minimum Gasteiger partial charge on any atom is -0.493 e. The van der Waals surface area contributed by atoms with Crippen molar-refractivity contribution in [2.24, 2.45) is 0 Å². The minimum absolute atomic E-state index is 0. The fourth-order valence-electron chi connectivity index (χ4n) is 2.87. The Hall–Kier alpha value is -3.18. The number of ether oxygens (including phenoxy) is 1. The van der Waals surface area contributed by atoms with E-state index in [-0.39, 0.29) is 1.43 Å². The molecular weight excluding hydrogens is 384 g/mol. The van der Waals surface area contributed by atoms with Crippen LogP contribution in [0.5, 0.6) is 0 Å². The normalized spacial score (nSPS) is 17.9. The number of hydrogen-bond donors (Lipinski definition) is 1. The third-order valence-electron chi connectivity index (χ3n) is 4.27. The summed E-state index contributed by atoms with van der Waals surface area (Å²) in [4.78, 5) is 11.2. The molecule has 0 spiro atoms. The predicted octanol–water partition coefficient (Wildman–Crippen LogP) is 6.37. The van der Waals surface area contributed by atoms with Crippen LogP contribution in [0.3, 0.4) is 0 Å². The molecule has 0 aliphatic carbocycles. The topological polar surface area (TPSA) is 50.3 Å². The highest BCUT2D eigenvalue weighted by Crippen LogP contribution is 2.19. The summed E-state index contributed by atoms with van der Waals surface area (Å²) in [7, 11) is 2.11. The van der Waals surface area contributed by atoms with Crippen molar-refractivity contribution in [2.75, 3.05) is 25.5 Å². The third-order valence-corrected chi connectivity index (χ3v) is 4.27. The van der Waals surface area contributed by atoms with Gasteiger partial charge < -0.3 is 10.1 Å². The maximum Gasteiger partial charge on any atom is 0.227 e. The Morgan fingerprint density at radius 3 is 2.84 bits per heavy atom. The van der Waals surface area contributed by atoms with Crippen molar-refractivity contribution < 1.29 is 6.16 Å². The summed E-state index contributed by atoms with van der Waals surface area (Å²) < 4.78 is 5.80. The van der Waals surface area contributed by atoms with Crippen LogP contribution in [0, 0.1) is 0 Å². The average molecular weight is 421 g/mol. The van der Waals surface area contributed by atoms with Crippen LogP contribution >= 0.6 is 0 Å². The highest BCUT2D eigenvalue weighted by molar-refractivity contribution is 5.71. The van der Waals surface area contributed by atoms with E-state index in [1.807, 2.05) is 24.3 Å². The number of hydrogen-bond acceptors (Lipinski definition) is 5. The van der Waals surface area contributed by atoms with Crippen molar-refractivity contribution in [3.63, 3.8) is 0 Å². The van der Waals surface area contributed by atoms with Crippen LogP contribution in [0.15, 0.2) is 79.7 Å². The number of rotatable bonds is 1. The van der Waals surface area contributed by atoms with Gasteiger partial charge in [0.15, 0.2) is 0 Å². The van der Waals surface area contributed by atoms with Gasteiger partial charge in [0.25, 0.3) is 0 Å². The molecule has 0 saturated heterocycles. The molecule has 1 aromatic carbocycles. The van der Waals surface area contributed by atoms with Gasteiger partial charge in [-0.05, 0) is 55.0 Å². The number of anilines is 2. The Balaban J connectivity index is 0.00000121. The maximum atomic E-state index is 5.80. The van der Waals surface area contributed by atoms with Gasteiger partial charge >= 0.3 is 0 Å². The molecule has 3 rings (SSSR count). The molecular formula is C26H36N4O. The summed E-state index contributed by atoms with van der Waals surface area (Å²) in [5.74, 6) is 1.21. The van der Waals surface area contributed by atoms with Crippen molar-refractivity contribution in [2.45, 2.75) is 33.2 Å². The molecule has 0 unspecified atom stereocenters. The molecule has 0 amide bonds. The number of fused-ring (bicyclic) bond motifs is 4. The summed E-state index contributed by atoms with van der Waals surface area (Å²) in [5.41, 5.74) is 3.66. The molecule has 1 N–H and O–H groups in total. The van der Waals surface area contributed by atoms with Crippen molar-refractivity contribution in [3.8, 4) is 0 Å². The van der Waals surface area contributed by atoms with Crippen LogP contribution in [0.25, 0.3) is 5.57 Å². The SMILES string of the molecule is C=C/C1=C\C(=C)c2ccnc(n2)Nc2cccc(c2)CN(C)C/C=C/CCO1.CCC.[HH]. The van der Waals surface area contributed by atoms with Gasteiger partial charge in [-0.15, -0.1) is 0 Å². The molecule has 5 heteroatoms. The molecule has 2 aromatic rings. The van der Waals surface area contributed by atoms with E-state index in [2.05, 4.69) is 78.5 Å². The predicted molar refractivity (Wildman–Crippen MR) is 133 cm³/mol. The average Bonchev–Trinajstić information content (AvgIpc) is 2.75. The first-order valence-corrected chi connectivity index (χ1v) is 10.7. The van der Waals surface area contributed by atoms with Gasteiger partial charge in [-0.2, -0.15) is 0 Å². The Labute approximate surface area is 188 Å². The summed E-state index contributed by atoms with van der Waals surface area (Å²) >= 11 is 0. The fraction of sp³-hybridized carbons (Fsp3) is 0.308. The Morgan fingerprint density at radius 2 is 2.06 bits per heavy atom. The number of likely N-dealkylation sites (N-methyl/N-ethyl adjacent to an activating group) is 1. The number of aromatic nitrogens is 2. The molecule has 0 radical (unpaired) electrons. The second-order valence-electron chi connectivity index (χ2n) is 7.38. The molecule has 1 aliphatic rings. The van der Waals surface area contributed by atoms with E-state index in [1.165, 1.54) is 12.0 Å². The highest BCUT2D eigenvalue weighted by Gasteiger charge is 2.06. The molecule has 31 heavy (non-hydrogen) atoms. The quantitative estimate of drug-likeness (QED) is 0.543. The molecule has 0 saturated carbocycles. The van der Waals surface area contributed by atoms with E-state index in [0.29, 0.717) is 18.3 Å². The van der Waals surface area contributed by atoms with Crippen LogP contribution in [0.2, 0.25) is 0 Å². The van der Waals surface area contributed by atoms with Crippen LogP contribution in [0.4, 0.5) is 11.6 Å². The second kappa shape index (κ2) is 13.2. The zero-order valence-electron chi connectivity index (χ0n) is 19.0. The van der Waals surface area contributed by atoms with Gasteiger partial charge in [0.1, 0.15) is 5.76 Å². The first-order valence-electron chi connectivity index (χ1n) is 10.7. The first kappa shape index (κ1) is 24.1. The van der Waals surface area contributed by atoms with Gasteiger partial charge in [-0.3, -0.25) is 4.90 Å². The number of allylic oxidation sites excluding steroid dienone is 3.